The third-order valence-electron chi connectivity index (χ3n) is 3.91. The molecule has 0 atom stereocenters. The molecule has 5 nitrogen and oxygen atoms in total. The third kappa shape index (κ3) is 4.37. The number of likely N-dealkylation sites (N-methyl/N-ethyl adjacent to an activating group) is 1. The van der Waals surface area contributed by atoms with Crippen LogP contribution in [0.25, 0.3) is 0 Å². The van der Waals surface area contributed by atoms with Crippen molar-refractivity contribution in [3.05, 3.63) is 60.2 Å². The Labute approximate surface area is 151 Å². The molecule has 140 valence electrons. The predicted octanol–water partition coefficient (Wildman–Crippen LogP) is 3.03. The van der Waals surface area contributed by atoms with Gasteiger partial charge in [-0.1, -0.05) is 0 Å². The second-order valence-corrected chi connectivity index (χ2v) is 7.37. The van der Waals surface area contributed by atoms with Gasteiger partial charge in [-0.2, -0.15) is 0 Å². The van der Waals surface area contributed by atoms with E-state index >= 15 is 0 Å². The van der Waals surface area contributed by atoms with E-state index in [4.69, 9.17) is 0 Å². The van der Waals surface area contributed by atoms with Crippen LogP contribution >= 0.6 is 0 Å². The predicted molar refractivity (Wildman–Crippen MR) is 95.3 cm³/mol. The topological polar surface area (TPSA) is 57.7 Å². The highest BCUT2D eigenvalue weighted by molar-refractivity contribution is 7.92. The first-order chi connectivity index (χ1) is 12.3. The van der Waals surface area contributed by atoms with E-state index in [1.807, 2.05) is 0 Å². The second-order valence-electron chi connectivity index (χ2n) is 5.51. The van der Waals surface area contributed by atoms with E-state index in [1.54, 1.807) is 13.8 Å². The maximum atomic E-state index is 13.2. The zero-order valence-electron chi connectivity index (χ0n) is 14.5. The van der Waals surface area contributed by atoms with Gasteiger partial charge in [0.1, 0.15) is 18.2 Å². The maximum Gasteiger partial charge on any atom is 0.264 e. The molecule has 8 heteroatoms. The number of halogens is 2. The molecular formula is C18H20F2N2O3S. The fourth-order valence-electron chi connectivity index (χ4n) is 2.46. The zero-order valence-corrected chi connectivity index (χ0v) is 15.3. The second kappa shape index (κ2) is 8.27. The highest BCUT2D eigenvalue weighted by Gasteiger charge is 2.28. The molecule has 26 heavy (non-hydrogen) atoms. The quantitative estimate of drug-likeness (QED) is 0.740. The molecule has 0 saturated heterocycles. The van der Waals surface area contributed by atoms with Gasteiger partial charge in [0, 0.05) is 13.1 Å². The lowest BCUT2D eigenvalue weighted by Crippen LogP contribution is -2.43. The van der Waals surface area contributed by atoms with Gasteiger partial charge in [0.15, 0.2) is 0 Å². The molecule has 0 aliphatic carbocycles. The number of anilines is 1. The van der Waals surface area contributed by atoms with Crippen LogP contribution in [0.4, 0.5) is 14.5 Å². The van der Waals surface area contributed by atoms with Crippen molar-refractivity contribution >= 4 is 21.6 Å². The summed E-state index contributed by atoms with van der Waals surface area (Å²) in [5, 5.41) is 0. The number of hydrogen-bond donors (Lipinski definition) is 0. The standard InChI is InChI=1S/C18H20F2N2O3S/c1-3-21(4-2)18(23)13-22(16-9-5-14(19)6-10-16)26(24,25)17-11-7-15(20)8-12-17/h5-12H,3-4,13H2,1-2H3. The van der Waals surface area contributed by atoms with Crippen molar-refractivity contribution in [1.82, 2.24) is 4.90 Å². The largest absolute Gasteiger partial charge is 0.342 e. The molecule has 2 aromatic rings. The number of rotatable bonds is 7. The van der Waals surface area contributed by atoms with Crippen molar-refractivity contribution in [1.29, 1.82) is 0 Å². The molecule has 0 fully saturated rings. The molecule has 0 unspecified atom stereocenters. The van der Waals surface area contributed by atoms with Gasteiger partial charge in [0.25, 0.3) is 10.0 Å². The molecule has 0 saturated carbocycles. The van der Waals surface area contributed by atoms with E-state index in [-0.39, 0.29) is 16.5 Å². The van der Waals surface area contributed by atoms with Gasteiger partial charge in [0.05, 0.1) is 10.6 Å². The number of sulfonamides is 1. The summed E-state index contributed by atoms with van der Waals surface area (Å²) in [6, 6.07) is 9.11. The monoisotopic (exact) mass is 382 g/mol. The minimum Gasteiger partial charge on any atom is -0.342 e. The van der Waals surface area contributed by atoms with Crippen molar-refractivity contribution in [3.63, 3.8) is 0 Å². The summed E-state index contributed by atoms with van der Waals surface area (Å²) >= 11 is 0. The third-order valence-corrected chi connectivity index (χ3v) is 5.70. The molecule has 0 bridgehead atoms. The molecule has 0 radical (unpaired) electrons. The van der Waals surface area contributed by atoms with E-state index in [2.05, 4.69) is 0 Å². The average molecular weight is 382 g/mol. The SMILES string of the molecule is CCN(CC)C(=O)CN(c1ccc(F)cc1)S(=O)(=O)c1ccc(F)cc1. The first-order valence-corrected chi connectivity index (χ1v) is 9.55. The Morgan fingerprint density at radius 1 is 0.885 bits per heavy atom. The van der Waals surface area contributed by atoms with Gasteiger partial charge < -0.3 is 4.90 Å². The van der Waals surface area contributed by atoms with Crippen LogP contribution in [-0.4, -0.2) is 38.9 Å². The number of nitrogens with zero attached hydrogens (tertiary/aromatic N) is 2. The van der Waals surface area contributed by atoms with Crippen molar-refractivity contribution in [3.8, 4) is 0 Å². The summed E-state index contributed by atoms with van der Waals surface area (Å²) in [4.78, 5) is 13.8. The minimum absolute atomic E-state index is 0.149. The van der Waals surface area contributed by atoms with Crippen LogP contribution in [-0.2, 0) is 14.8 Å². The van der Waals surface area contributed by atoms with E-state index in [0.717, 1.165) is 40.7 Å². The molecular weight excluding hydrogens is 362 g/mol. The lowest BCUT2D eigenvalue weighted by Gasteiger charge is -2.27. The van der Waals surface area contributed by atoms with E-state index in [9.17, 15) is 22.0 Å². The maximum absolute atomic E-state index is 13.2. The highest BCUT2D eigenvalue weighted by atomic mass is 32.2. The molecule has 0 N–H and O–H groups in total. The lowest BCUT2D eigenvalue weighted by atomic mass is 10.3. The van der Waals surface area contributed by atoms with Crippen LogP contribution in [0.15, 0.2) is 53.4 Å². The smallest absolute Gasteiger partial charge is 0.264 e. The van der Waals surface area contributed by atoms with Gasteiger partial charge >= 0.3 is 0 Å². The molecule has 2 aromatic carbocycles. The number of benzene rings is 2. The van der Waals surface area contributed by atoms with Gasteiger partial charge in [-0.25, -0.2) is 17.2 Å². The van der Waals surface area contributed by atoms with Crippen molar-refractivity contribution < 1.29 is 22.0 Å². The summed E-state index contributed by atoms with van der Waals surface area (Å²) in [7, 11) is -4.13. The normalized spacial score (nSPS) is 11.2. The number of carbonyl (C=O) groups is 1. The van der Waals surface area contributed by atoms with Gasteiger partial charge in [-0.3, -0.25) is 9.10 Å². The Morgan fingerprint density at radius 2 is 1.35 bits per heavy atom. The molecule has 0 heterocycles. The zero-order chi connectivity index (χ0) is 19.3. The highest BCUT2D eigenvalue weighted by Crippen LogP contribution is 2.24. The Balaban J connectivity index is 2.47. The van der Waals surface area contributed by atoms with E-state index < -0.39 is 28.2 Å². The number of amides is 1. The summed E-state index contributed by atoms with van der Waals surface area (Å²) in [6.07, 6.45) is 0. The summed E-state index contributed by atoms with van der Waals surface area (Å²) in [6.45, 7) is 4.01. The Hall–Kier alpha value is -2.48. The molecule has 0 spiro atoms. The van der Waals surface area contributed by atoms with Gasteiger partial charge in [0.2, 0.25) is 5.91 Å². The molecule has 0 aliphatic heterocycles. The fourth-order valence-corrected chi connectivity index (χ4v) is 3.87. The lowest BCUT2D eigenvalue weighted by molar-refractivity contribution is -0.129. The minimum atomic E-state index is -4.13. The van der Waals surface area contributed by atoms with Crippen molar-refractivity contribution in [2.45, 2.75) is 18.7 Å². The molecule has 0 aromatic heterocycles. The first kappa shape index (κ1) is 19.8. The van der Waals surface area contributed by atoms with Crippen molar-refractivity contribution in [2.24, 2.45) is 0 Å². The van der Waals surface area contributed by atoms with E-state index in [0.29, 0.717) is 13.1 Å². The van der Waals surface area contributed by atoms with Crippen LogP contribution in [0.2, 0.25) is 0 Å². The fraction of sp³-hybridized carbons (Fsp3) is 0.278. The van der Waals surface area contributed by atoms with Crippen LogP contribution in [0.3, 0.4) is 0 Å². The van der Waals surface area contributed by atoms with Gasteiger partial charge in [-0.05, 0) is 62.4 Å². The van der Waals surface area contributed by atoms with Crippen LogP contribution < -0.4 is 4.31 Å². The average Bonchev–Trinajstić information content (AvgIpc) is 2.62. The summed E-state index contributed by atoms with van der Waals surface area (Å²) < 4.78 is 53.3. The molecule has 0 aliphatic rings. The first-order valence-electron chi connectivity index (χ1n) is 8.11. The molecule has 1 amide bonds. The van der Waals surface area contributed by atoms with Crippen molar-refractivity contribution in [2.75, 3.05) is 23.9 Å². The summed E-state index contributed by atoms with van der Waals surface area (Å²) in [5.74, 6) is -1.48. The Kier molecular flexibility index (Phi) is 6.31. The number of hydrogen-bond acceptors (Lipinski definition) is 3. The van der Waals surface area contributed by atoms with Gasteiger partial charge in [-0.15, -0.1) is 0 Å². The van der Waals surface area contributed by atoms with Crippen LogP contribution in [0.1, 0.15) is 13.8 Å². The summed E-state index contributed by atoms with van der Waals surface area (Å²) in [5.41, 5.74) is 0.149. The van der Waals surface area contributed by atoms with Crippen LogP contribution in [0, 0.1) is 11.6 Å². The van der Waals surface area contributed by atoms with E-state index in [1.165, 1.54) is 17.0 Å². The molecule has 2 rings (SSSR count). The Bertz CT molecular complexity index is 849. The van der Waals surface area contributed by atoms with Crippen LogP contribution in [0.5, 0.6) is 0 Å². The number of carbonyl (C=O) groups excluding carboxylic acids is 1. The Morgan fingerprint density at radius 3 is 1.81 bits per heavy atom.